The molecular formula is C15H18ClF2NO2. The molecule has 2 N–H and O–H groups in total. The van der Waals surface area contributed by atoms with E-state index in [0.717, 1.165) is 25.0 Å². The fourth-order valence-corrected chi connectivity index (χ4v) is 2.66. The molecule has 0 aromatic heterocycles. The van der Waals surface area contributed by atoms with Crippen molar-refractivity contribution in [1.82, 2.24) is 5.32 Å². The summed E-state index contributed by atoms with van der Waals surface area (Å²) in [6.45, 7) is 2.15. The Hall–Kier alpha value is -1.20. The maximum Gasteiger partial charge on any atom is 0.254 e. The zero-order valence-electron chi connectivity index (χ0n) is 11.8. The van der Waals surface area contributed by atoms with Gasteiger partial charge in [-0.2, -0.15) is 0 Å². The van der Waals surface area contributed by atoms with Gasteiger partial charge in [0.2, 0.25) is 0 Å². The van der Waals surface area contributed by atoms with E-state index in [1.807, 2.05) is 0 Å². The molecule has 1 saturated carbocycles. The van der Waals surface area contributed by atoms with Gasteiger partial charge in [-0.3, -0.25) is 4.79 Å². The predicted octanol–water partition coefficient (Wildman–Crippen LogP) is 3.29. The van der Waals surface area contributed by atoms with Gasteiger partial charge in [-0.15, -0.1) is 0 Å². The number of hydrogen-bond acceptors (Lipinski definition) is 2. The number of nitrogens with one attached hydrogen (secondary N) is 1. The van der Waals surface area contributed by atoms with Crippen LogP contribution in [-0.2, 0) is 0 Å². The number of hydrogen-bond donors (Lipinski definition) is 2. The molecule has 21 heavy (non-hydrogen) atoms. The molecule has 2 rings (SSSR count). The minimum Gasteiger partial charge on any atom is -0.388 e. The van der Waals surface area contributed by atoms with Gasteiger partial charge in [0.05, 0.1) is 16.2 Å². The summed E-state index contributed by atoms with van der Waals surface area (Å²) in [5.74, 6) is -1.93. The third-order valence-electron chi connectivity index (χ3n) is 4.04. The quantitative estimate of drug-likeness (QED) is 0.840. The summed E-state index contributed by atoms with van der Waals surface area (Å²) in [4.78, 5) is 11.9. The van der Waals surface area contributed by atoms with E-state index in [1.54, 1.807) is 0 Å². The van der Waals surface area contributed by atoms with E-state index in [1.165, 1.54) is 0 Å². The smallest absolute Gasteiger partial charge is 0.254 e. The average Bonchev–Trinajstić information content (AvgIpc) is 2.44. The molecule has 1 aliphatic rings. The molecule has 1 amide bonds. The Balaban J connectivity index is 2.00. The van der Waals surface area contributed by atoms with Crippen molar-refractivity contribution in [1.29, 1.82) is 0 Å². The lowest BCUT2D eigenvalue weighted by atomic mass is 9.79. The first-order valence-corrected chi connectivity index (χ1v) is 7.34. The van der Waals surface area contributed by atoms with Crippen LogP contribution in [-0.4, -0.2) is 23.2 Å². The predicted molar refractivity (Wildman–Crippen MR) is 76.3 cm³/mol. The van der Waals surface area contributed by atoms with Crippen LogP contribution in [0.4, 0.5) is 8.78 Å². The lowest BCUT2D eigenvalue weighted by Gasteiger charge is -2.34. The van der Waals surface area contributed by atoms with E-state index in [9.17, 15) is 18.7 Å². The SMILES string of the molecule is CC1CCC(O)(CNC(=O)c2cc(F)c(Cl)cc2F)CC1. The van der Waals surface area contributed by atoms with Gasteiger partial charge in [-0.1, -0.05) is 18.5 Å². The van der Waals surface area contributed by atoms with Crippen molar-refractivity contribution in [2.45, 2.75) is 38.2 Å². The molecule has 0 bridgehead atoms. The highest BCUT2D eigenvalue weighted by atomic mass is 35.5. The highest BCUT2D eigenvalue weighted by molar-refractivity contribution is 6.30. The molecule has 1 aromatic rings. The summed E-state index contributed by atoms with van der Waals surface area (Å²) in [5.41, 5.74) is -1.38. The Kier molecular flexibility index (Phi) is 4.84. The van der Waals surface area contributed by atoms with Gasteiger partial charge in [0.1, 0.15) is 11.6 Å². The minimum absolute atomic E-state index is 0.0300. The second kappa shape index (κ2) is 6.28. The zero-order chi connectivity index (χ0) is 15.6. The normalized spacial score (nSPS) is 25.7. The number of halogens is 3. The molecule has 1 aliphatic carbocycles. The molecule has 0 saturated heterocycles. The molecule has 1 fully saturated rings. The summed E-state index contributed by atoms with van der Waals surface area (Å²) in [6, 6.07) is 1.53. The Labute approximate surface area is 127 Å². The van der Waals surface area contributed by atoms with E-state index in [4.69, 9.17) is 11.6 Å². The van der Waals surface area contributed by atoms with Gasteiger partial charge in [-0.25, -0.2) is 8.78 Å². The van der Waals surface area contributed by atoms with Crippen LogP contribution in [0.15, 0.2) is 12.1 Å². The molecule has 0 radical (unpaired) electrons. The average molecular weight is 318 g/mol. The van der Waals surface area contributed by atoms with Gasteiger partial charge < -0.3 is 10.4 Å². The van der Waals surface area contributed by atoms with E-state index in [0.29, 0.717) is 18.8 Å². The van der Waals surface area contributed by atoms with Crippen LogP contribution in [0.3, 0.4) is 0 Å². The van der Waals surface area contributed by atoms with E-state index < -0.39 is 28.7 Å². The van der Waals surface area contributed by atoms with Gasteiger partial charge in [-0.05, 0) is 43.7 Å². The topological polar surface area (TPSA) is 49.3 Å². The molecule has 116 valence electrons. The van der Waals surface area contributed by atoms with Crippen LogP contribution in [0.5, 0.6) is 0 Å². The summed E-state index contributed by atoms with van der Waals surface area (Å²) in [5, 5.41) is 12.5. The van der Waals surface area contributed by atoms with Crippen LogP contribution < -0.4 is 5.32 Å². The molecule has 6 heteroatoms. The molecule has 3 nitrogen and oxygen atoms in total. The van der Waals surface area contributed by atoms with Crippen LogP contribution >= 0.6 is 11.6 Å². The summed E-state index contributed by atoms with van der Waals surface area (Å²) < 4.78 is 26.9. The molecule has 1 aromatic carbocycles. The molecule has 0 atom stereocenters. The molecular weight excluding hydrogens is 300 g/mol. The van der Waals surface area contributed by atoms with Crippen molar-refractivity contribution >= 4 is 17.5 Å². The molecule has 0 aliphatic heterocycles. The number of amides is 1. The van der Waals surface area contributed by atoms with Crippen molar-refractivity contribution in [3.05, 3.63) is 34.4 Å². The zero-order valence-corrected chi connectivity index (χ0v) is 12.5. The first-order chi connectivity index (χ1) is 9.81. The Morgan fingerprint density at radius 3 is 2.62 bits per heavy atom. The number of aliphatic hydroxyl groups is 1. The third-order valence-corrected chi connectivity index (χ3v) is 4.33. The summed E-state index contributed by atoms with van der Waals surface area (Å²) in [6.07, 6.45) is 2.95. The first kappa shape index (κ1) is 16.2. The van der Waals surface area contributed by atoms with Gasteiger partial charge in [0.15, 0.2) is 0 Å². The number of carbonyl (C=O) groups is 1. The monoisotopic (exact) mass is 317 g/mol. The largest absolute Gasteiger partial charge is 0.388 e. The lowest BCUT2D eigenvalue weighted by Crippen LogP contribution is -2.45. The van der Waals surface area contributed by atoms with Crippen LogP contribution in [0.25, 0.3) is 0 Å². The molecule has 0 unspecified atom stereocenters. The van der Waals surface area contributed by atoms with Gasteiger partial charge in [0, 0.05) is 6.54 Å². The van der Waals surface area contributed by atoms with E-state index >= 15 is 0 Å². The number of carbonyl (C=O) groups excluding carboxylic acids is 1. The number of rotatable bonds is 3. The van der Waals surface area contributed by atoms with Crippen molar-refractivity contribution in [3.63, 3.8) is 0 Å². The van der Waals surface area contributed by atoms with Crippen molar-refractivity contribution in [3.8, 4) is 0 Å². The maximum atomic E-state index is 13.6. The van der Waals surface area contributed by atoms with Gasteiger partial charge in [0.25, 0.3) is 5.91 Å². The van der Waals surface area contributed by atoms with Crippen LogP contribution in [0, 0.1) is 17.6 Å². The molecule has 0 heterocycles. The summed E-state index contributed by atoms with van der Waals surface area (Å²) >= 11 is 5.44. The number of benzene rings is 1. The Morgan fingerprint density at radius 2 is 2.00 bits per heavy atom. The van der Waals surface area contributed by atoms with Crippen LogP contribution in [0.2, 0.25) is 5.02 Å². The molecule has 0 spiro atoms. The first-order valence-electron chi connectivity index (χ1n) is 6.96. The van der Waals surface area contributed by atoms with Crippen molar-refractivity contribution in [2.24, 2.45) is 5.92 Å². The maximum absolute atomic E-state index is 13.6. The van der Waals surface area contributed by atoms with Crippen molar-refractivity contribution in [2.75, 3.05) is 6.54 Å². The summed E-state index contributed by atoms with van der Waals surface area (Å²) in [7, 11) is 0. The second-order valence-electron chi connectivity index (χ2n) is 5.84. The van der Waals surface area contributed by atoms with E-state index in [2.05, 4.69) is 12.2 Å². The van der Waals surface area contributed by atoms with Gasteiger partial charge >= 0.3 is 0 Å². The van der Waals surface area contributed by atoms with Crippen LogP contribution in [0.1, 0.15) is 43.0 Å². The second-order valence-corrected chi connectivity index (χ2v) is 6.24. The standard InChI is InChI=1S/C15H18ClF2NO2/c1-9-2-4-15(21,5-3-9)8-19-14(20)10-6-13(18)11(16)7-12(10)17/h6-7,9,21H,2-5,8H2,1H3,(H,19,20). The van der Waals surface area contributed by atoms with Crippen molar-refractivity contribution < 1.29 is 18.7 Å². The Bertz CT molecular complexity index is 543. The lowest BCUT2D eigenvalue weighted by molar-refractivity contribution is -0.00543. The fourth-order valence-electron chi connectivity index (χ4n) is 2.51. The fraction of sp³-hybridized carbons (Fsp3) is 0.533. The Morgan fingerprint density at radius 1 is 1.38 bits per heavy atom. The van der Waals surface area contributed by atoms with E-state index in [-0.39, 0.29) is 11.6 Å². The minimum atomic E-state index is -0.969. The highest BCUT2D eigenvalue weighted by Crippen LogP contribution is 2.31. The highest BCUT2D eigenvalue weighted by Gasteiger charge is 2.32. The third kappa shape index (κ3) is 3.92.